The van der Waals surface area contributed by atoms with Crippen molar-refractivity contribution in [3.63, 3.8) is 0 Å². The van der Waals surface area contributed by atoms with Gasteiger partial charge in [0.2, 0.25) is 0 Å². The van der Waals surface area contributed by atoms with Gasteiger partial charge in [0.1, 0.15) is 0 Å². The van der Waals surface area contributed by atoms with Crippen molar-refractivity contribution < 1.29 is 0 Å². The molecule has 0 radical (unpaired) electrons. The van der Waals surface area contributed by atoms with Gasteiger partial charge in [-0.2, -0.15) is 0 Å². The fourth-order valence-corrected chi connectivity index (χ4v) is 0.480. The van der Waals surface area contributed by atoms with Gasteiger partial charge in [-0.05, 0) is 26.9 Å². The molecule has 0 saturated carbocycles. The molecule has 0 aromatic heterocycles. The standard InChI is InChI=1S/C7H15N.CH5N/c1-3-5-7-8-6-4-2;1-2/h3,5,8H,4,6-7H2,1-2H3;2H2,1H3/b5-3+;. The number of hydrogen-bond acceptors (Lipinski definition) is 2. The third kappa shape index (κ3) is 15.6. The first-order valence-electron chi connectivity index (χ1n) is 3.81. The van der Waals surface area contributed by atoms with Crippen LogP contribution in [0.3, 0.4) is 0 Å². The van der Waals surface area contributed by atoms with Gasteiger partial charge in [-0.3, -0.25) is 0 Å². The first kappa shape index (κ1) is 12.3. The van der Waals surface area contributed by atoms with Crippen LogP contribution in [0, 0.1) is 0 Å². The Bertz CT molecular complexity index is 60.3. The lowest BCUT2D eigenvalue weighted by Gasteiger charge is -1.93. The van der Waals surface area contributed by atoms with E-state index in [0.717, 1.165) is 13.1 Å². The predicted octanol–water partition coefficient (Wildman–Crippen LogP) is 1.14. The highest BCUT2D eigenvalue weighted by Crippen LogP contribution is 1.70. The van der Waals surface area contributed by atoms with Gasteiger partial charge in [0.05, 0.1) is 0 Å². The number of rotatable bonds is 4. The summed E-state index contributed by atoms with van der Waals surface area (Å²) in [5.74, 6) is 0. The van der Waals surface area contributed by atoms with Crippen molar-refractivity contribution in [2.75, 3.05) is 20.1 Å². The second-order valence-corrected chi connectivity index (χ2v) is 1.77. The Morgan fingerprint density at radius 2 is 2.00 bits per heavy atom. The van der Waals surface area contributed by atoms with Crippen molar-refractivity contribution in [1.82, 2.24) is 5.32 Å². The maximum Gasteiger partial charge on any atom is 0.0134 e. The van der Waals surface area contributed by atoms with Crippen molar-refractivity contribution >= 4 is 0 Å². The van der Waals surface area contributed by atoms with Gasteiger partial charge in [-0.25, -0.2) is 0 Å². The lowest BCUT2D eigenvalue weighted by molar-refractivity contribution is 0.729. The van der Waals surface area contributed by atoms with Crippen molar-refractivity contribution in [3.8, 4) is 0 Å². The topological polar surface area (TPSA) is 38.0 Å². The Balaban J connectivity index is 0. The highest BCUT2D eigenvalue weighted by Gasteiger charge is 1.74. The zero-order valence-electron chi connectivity index (χ0n) is 7.35. The summed E-state index contributed by atoms with van der Waals surface area (Å²) in [7, 11) is 1.50. The second-order valence-electron chi connectivity index (χ2n) is 1.77. The van der Waals surface area contributed by atoms with Crippen LogP contribution < -0.4 is 11.1 Å². The molecule has 2 nitrogen and oxygen atoms in total. The Hall–Kier alpha value is -0.340. The molecule has 0 fully saturated rings. The minimum Gasteiger partial charge on any atom is -0.333 e. The van der Waals surface area contributed by atoms with Crippen LogP contribution in [0.25, 0.3) is 0 Å². The molecule has 0 saturated heterocycles. The molecule has 0 bridgehead atoms. The van der Waals surface area contributed by atoms with Crippen LogP contribution in [0.15, 0.2) is 12.2 Å². The number of nitrogens with two attached hydrogens (primary N) is 1. The van der Waals surface area contributed by atoms with E-state index in [1.807, 2.05) is 6.92 Å². The van der Waals surface area contributed by atoms with Crippen LogP contribution in [0.2, 0.25) is 0 Å². The Morgan fingerprint density at radius 3 is 2.40 bits per heavy atom. The maximum absolute atomic E-state index is 4.50. The highest BCUT2D eigenvalue weighted by atomic mass is 14.8. The lowest BCUT2D eigenvalue weighted by atomic mass is 10.4. The predicted molar refractivity (Wildman–Crippen MR) is 48.1 cm³/mol. The zero-order valence-corrected chi connectivity index (χ0v) is 7.35. The summed E-state index contributed by atoms with van der Waals surface area (Å²) in [6, 6.07) is 0. The van der Waals surface area contributed by atoms with Gasteiger partial charge in [-0.1, -0.05) is 19.1 Å². The van der Waals surface area contributed by atoms with Crippen LogP contribution in [-0.2, 0) is 0 Å². The van der Waals surface area contributed by atoms with Crippen LogP contribution in [0.1, 0.15) is 20.3 Å². The van der Waals surface area contributed by atoms with Gasteiger partial charge >= 0.3 is 0 Å². The molecule has 0 amide bonds. The fourth-order valence-electron chi connectivity index (χ4n) is 0.480. The number of nitrogens with one attached hydrogen (secondary N) is 1. The third-order valence-electron chi connectivity index (χ3n) is 0.925. The molecule has 0 aliphatic heterocycles. The molecular weight excluding hydrogens is 124 g/mol. The van der Waals surface area contributed by atoms with E-state index >= 15 is 0 Å². The van der Waals surface area contributed by atoms with E-state index in [1.54, 1.807) is 0 Å². The fraction of sp³-hybridized carbons (Fsp3) is 0.750. The summed E-state index contributed by atoms with van der Waals surface area (Å²) in [6.07, 6.45) is 5.40. The quantitative estimate of drug-likeness (QED) is 0.458. The van der Waals surface area contributed by atoms with E-state index in [1.165, 1.54) is 13.5 Å². The highest BCUT2D eigenvalue weighted by molar-refractivity contribution is 4.78. The number of allylic oxidation sites excluding steroid dienone is 1. The van der Waals surface area contributed by atoms with Crippen LogP contribution >= 0.6 is 0 Å². The minimum absolute atomic E-state index is 1.02. The van der Waals surface area contributed by atoms with E-state index < -0.39 is 0 Å². The van der Waals surface area contributed by atoms with Gasteiger partial charge < -0.3 is 11.1 Å². The Kier molecular flexibility index (Phi) is 19.6. The SMILES string of the molecule is C/C=C/CNCCC.CN. The summed E-state index contributed by atoms with van der Waals surface area (Å²) in [5.41, 5.74) is 4.50. The second kappa shape index (κ2) is 15.9. The first-order chi connectivity index (χ1) is 4.91. The number of hydrogen-bond donors (Lipinski definition) is 2. The Morgan fingerprint density at radius 1 is 1.40 bits per heavy atom. The van der Waals surface area contributed by atoms with E-state index in [9.17, 15) is 0 Å². The van der Waals surface area contributed by atoms with Crippen LogP contribution in [-0.4, -0.2) is 20.1 Å². The largest absolute Gasteiger partial charge is 0.333 e. The summed E-state index contributed by atoms with van der Waals surface area (Å²) >= 11 is 0. The molecule has 0 heterocycles. The summed E-state index contributed by atoms with van der Waals surface area (Å²) in [4.78, 5) is 0. The molecule has 0 aliphatic carbocycles. The molecule has 0 aromatic rings. The van der Waals surface area contributed by atoms with Crippen LogP contribution in [0.5, 0.6) is 0 Å². The van der Waals surface area contributed by atoms with Gasteiger partial charge in [-0.15, -0.1) is 0 Å². The van der Waals surface area contributed by atoms with Crippen molar-refractivity contribution in [3.05, 3.63) is 12.2 Å². The van der Waals surface area contributed by atoms with Crippen molar-refractivity contribution in [2.45, 2.75) is 20.3 Å². The molecule has 0 rings (SSSR count). The molecule has 0 aliphatic rings. The van der Waals surface area contributed by atoms with Gasteiger partial charge in [0, 0.05) is 6.54 Å². The van der Waals surface area contributed by atoms with E-state index in [2.05, 4.69) is 30.1 Å². The molecule has 0 spiro atoms. The summed E-state index contributed by atoms with van der Waals surface area (Å²) in [5, 5.41) is 3.25. The zero-order chi connectivity index (χ0) is 8.24. The maximum atomic E-state index is 4.50. The summed E-state index contributed by atoms with van der Waals surface area (Å²) < 4.78 is 0. The van der Waals surface area contributed by atoms with E-state index in [4.69, 9.17) is 0 Å². The first-order valence-corrected chi connectivity index (χ1v) is 3.81. The molecule has 2 heteroatoms. The third-order valence-corrected chi connectivity index (χ3v) is 0.925. The van der Waals surface area contributed by atoms with E-state index in [-0.39, 0.29) is 0 Å². The molecule has 3 N–H and O–H groups in total. The van der Waals surface area contributed by atoms with Gasteiger partial charge in [0.15, 0.2) is 0 Å². The molecule has 0 unspecified atom stereocenters. The van der Waals surface area contributed by atoms with Crippen molar-refractivity contribution in [1.29, 1.82) is 0 Å². The minimum atomic E-state index is 1.02. The molecular formula is C8H20N2. The summed E-state index contributed by atoms with van der Waals surface area (Å²) in [6.45, 7) is 6.35. The lowest BCUT2D eigenvalue weighted by Crippen LogP contribution is -2.13. The monoisotopic (exact) mass is 144 g/mol. The van der Waals surface area contributed by atoms with E-state index in [0.29, 0.717) is 0 Å². The normalized spacial score (nSPS) is 9.20. The average molecular weight is 144 g/mol. The molecule has 0 atom stereocenters. The average Bonchev–Trinajstić information content (AvgIpc) is 2.02. The van der Waals surface area contributed by atoms with Crippen molar-refractivity contribution in [2.24, 2.45) is 5.73 Å². The Labute approximate surface area is 64.5 Å². The van der Waals surface area contributed by atoms with Crippen LogP contribution in [0.4, 0.5) is 0 Å². The molecule has 10 heavy (non-hydrogen) atoms. The molecule has 0 aromatic carbocycles. The smallest absolute Gasteiger partial charge is 0.0134 e. The molecule has 62 valence electrons. The van der Waals surface area contributed by atoms with Gasteiger partial charge in [0.25, 0.3) is 0 Å².